The number of methoxy groups -OCH3 is 1. The molecule has 2 unspecified atom stereocenters. The lowest BCUT2D eigenvalue weighted by Gasteiger charge is -2.21. The molecule has 8 heteroatoms. The Morgan fingerprint density at radius 1 is 1.31 bits per heavy atom. The van der Waals surface area contributed by atoms with E-state index in [1.165, 1.54) is 7.11 Å². The molecule has 26 heavy (non-hydrogen) atoms. The highest BCUT2D eigenvalue weighted by Gasteiger charge is 2.27. The fraction of sp³-hybridized carbons (Fsp3) is 0.444. The van der Waals surface area contributed by atoms with Gasteiger partial charge in [0.2, 0.25) is 0 Å². The second kappa shape index (κ2) is 8.46. The SMILES string of the molecule is CCC(C)C(NC(=O)COC(=O)c1cn2c(C)cccc2n1)C(=O)OC. The van der Waals surface area contributed by atoms with Gasteiger partial charge in [-0.2, -0.15) is 0 Å². The normalized spacial score (nSPS) is 13.1. The van der Waals surface area contributed by atoms with Crippen LogP contribution in [-0.2, 0) is 19.1 Å². The number of fused-ring (bicyclic) bond motifs is 1. The summed E-state index contributed by atoms with van der Waals surface area (Å²) in [5.74, 6) is -1.92. The molecule has 1 N–H and O–H groups in total. The largest absolute Gasteiger partial charge is 0.467 e. The molecule has 0 radical (unpaired) electrons. The lowest BCUT2D eigenvalue weighted by molar-refractivity contribution is -0.147. The van der Waals surface area contributed by atoms with Gasteiger partial charge in [-0.05, 0) is 25.0 Å². The molecule has 0 bridgehead atoms. The molecule has 2 aromatic heterocycles. The Labute approximate surface area is 151 Å². The van der Waals surface area contributed by atoms with Crippen LogP contribution in [0.1, 0.15) is 36.5 Å². The number of aryl methyl sites for hydroxylation is 1. The minimum absolute atomic E-state index is 0.108. The van der Waals surface area contributed by atoms with Crippen molar-refractivity contribution >= 4 is 23.5 Å². The molecule has 2 heterocycles. The average Bonchev–Trinajstić information content (AvgIpc) is 3.08. The van der Waals surface area contributed by atoms with Gasteiger partial charge in [0.25, 0.3) is 5.91 Å². The Morgan fingerprint density at radius 2 is 2.04 bits per heavy atom. The van der Waals surface area contributed by atoms with Crippen molar-refractivity contribution in [2.24, 2.45) is 5.92 Å². The molecule has 2 atom stereocenters. The molecule has 8 nitrogen and oxygen atoms in total. The maximum Gasteiger partial charge on any atom is 0.359 e. The molecular weight excluding hydrogens is 338 g/mol. The number of hydrogen-bond donors (Lipinski definition) is 1. The van der Waals surface area contributed by atoms with Crippen molar-refractivity contribution in [3.8, 4) is 0 Å². The first-order valence-electron chi connectivity index (χ1n) is 8.36. The summed E-state index contributed by atoms with van der Waals surface area (Å²) in [5.41, 5.74) is 1.64. The van der Waals surface area contributed by atoms with Crippen molar-refractivity contribution in [2.45, 2.75) is 33.2 Å². The molecule has 0 aromatic carbocycles. The maximum atomic E-state index is 12.1. The molecule has 1 amide bonds. The number of amides is 1. The molecule has 0 saturated heterocycles. The fourth-order valence-electron chi connectivity index (χ4n) is 2.46. The third kappa shape index (κ3) is 4.38. The Kier molecular flexibility index (Phi) is 6.32. The van der Waals surface area contributed by atoms with Crippen LogP contribution in [0.15, 0.2) is 24.4 Å². The van der Waals surface area contributed by atoms with E-state index in [-0.39, 0.29) is 11.6 Å². The Bertz CT molecular complexity index is 814. The van der Waals surface area contributed by atoms with Gasteiger partial charge in [0, 0.05) is 11.9 Å². The maximum absolute atomic E-state index is 12.1. The van der Waals surface area contributed by atoms with Crippen LogP contribution >= 0.6 is 0 Å². The summed E-state index contributed by atoms with van der Waals surface area (Å²) in [6.45, 7) is 5.11. The van der Waals surface area contributed by atoms with Crippen molar-refractivity contribution in [2.75, 3.05) is 13.7 Å². The number of imidazole rings is 1. The summed E-state index contributed by atoms with van der Waals surface area (Å²) in [5, 5.41) is 2.54. The van der Waals surface area contributed by atoms with E-state index in [1.54, 1.807) is 16.7 Å². The van der Waals surface area contributed by atoms with Crippen molar-refractivity contribution < 1.29 is 23.9 Å². The number of esters is 2. The van der Waals surface area contributed by atoms with Crippen molar-refractivity contribution in [3.63, 3.8) is 0 Å². The molecule has 0 fully saturated rings. The number of carbonyl (C=O) groups excluding carboxylic acids is 3. The van der Waals surface area contributed by atoms with Crippen LogP contribution in [0.2, 0.25) is 0 Å². The van der Waals surface area contributed by atoms with E-state index >= 15 is 0 Å². The topological polar surface area (TPSA) is 99.0 Å². The Hall–Kier alpha value is -2.90. The number of rotatable bonds is 7. The van der Waals surface area contributed by atoms with Gasteiger partial charge in [-0.1, -0.05) is 26.3 Å². The Morgan fingerprint density at radius 3 is 2.65 bits per heavy atom. The number of carbonyl (C=O) groups is 3. The van der Waals surface area contributed by atoms with E-state index in [9.17, 15) is 14.4 Å². The highest BCUT2D eigenvalue weighted by molar-refractivity contribution is 5.91. The van der Waals surface area contributed by atoms with Gasteiger partial charge in [-0.15, -0.1) is 0 Å². The predicted molar refractivity (Wildman–Crippen MR) is 93.6 cm³/mol. The first-order valence-corrected chi connectivity index (χ1v) is 8.36. The number of aromatic nitrogens is 2. The zero-order valence-electron chi connectivity index (χ0n) is 15.3. The van der Waals surface area contributed by atoms with Crippen LogP contribution in [0.3, 0.4) is 0 Å². The number of nitrogens with zero attached hydrogens (tertiary/aromatic N) is 2. The molecule has 2 rings (SSSR count). The molecule has 0 spiro atoms. The van der Waals surface area contributed by atoms with Crippen LogP contribution in [-0.4, -0.2) is 47.0 Å². The molecule has 2 aromatic rings. The minimum Gasteiger partial charge on any atom is -0.467 e. The van der Waals surface area contributed by atoms with E-state index in [2.05, 4.69) is 10.3 Å². The number of pyridine rings is 1. The van der Waals surface area contributed by atoms with Crippen LogP contribution in [0, 0.1) is 12.8 Å². The first kappa shape index (κ1) is 19.4. The molecular formula is C18H23N3O5. The van der Waals surface area contributed by atoms with Gasteiger partial charge < -0.3 is 19.2 Å². The van der Waals surface area contributed by atoms with Crippen LogP contribution in [0.4, 0.5) is 0 Å². The summed E-state index contributed by atoms with van der Waals surface area (Å²) in [6.07, 6.45) is 2.24. The zero-order chi connectivity index (χ0) is 19.3. The number of hydrogen-bond acceptors (Lipinski definition) is 6. The van der Waals surface area contributed by atoms with Crippen molar-refractivity contribution in [1.29, 1.82) is 0 Å². The quantitative estimate of drug-likeness (QED) is 0.751. The van der Waals surface area contributed by atoms with Crippen molar-refractivity contribution in [3.05, 3.63) is 35.8 Å². The number of nitrogens with one attached hydrogen (secondary N) is 1. The summed E-state index contributed by atoms with van der Waals surface area (Å²) in [7, 11) is 1.26. The molecule has 140 valence electrons. The smallest absolute Gasteiger partial charge is 0.359 e. The summed E-state index contributed by atoms with van der Waals surface area (Å²) in [4.78, 5) is 40.1. The standard InChI is InChI=1S/C18H23N3O5/c1-5-11(2)16(18(24)25-4)20-15(22)10-26-17(23)13-9-21-12(3)7-6-8-14(21)19-13/h6-9,11,16H,5,10H2,1-4H3,(H,20,22). The molecule has 0 aliphatic heterocycles. The van der Waals surface area contributed by atoms with E-state index in [0.29, 0.717) is 12.1 Å². The second-order valence-electron chi connectivity index (χ2n) is 6.05. The lowest BCUT2D eigenvalue weighted by atomic mass is 9.99. The van der Waals surface area contributed by atoms with Gasteiger partial charge in [-0.3, -0.25) is 4.79 Å². The Balaban J connectivity index is 1.98. The van der Waals surface area contributed by atoms with E-state index < -0.39 is 30.5 Å². The highest BCUT2D eigenvalue weighted by atomic mass is 16.5. The van der Waals surface area contributed by atoms with E-state index in [0.717, 1.165) is 5.69 Å². The third-order valence-electron chi connectivity index (χ3n) is 4.22. The lowest BCUT2D eigenvalue weighted by Crippen LogP contribution is -2.47. The molecule has 0 aliphatic rings. The van der Waals surface area contributed by atoms with E-state index in [1.807, 2.05) is 32.9 Å². The summed E-state index contributed by atoms with van der Waals surface area (Å²) in [6, 6.07) is 4.71. The highest BCUT2D eigenvalue weighted by Crippen LogP contribution is 2.10. The molecule has 0 aliphatic carbocycles. The van der Waals surface area contributed by atoms with Crippen LogP contribution in [0.5, 0.6) is 0 Å². The van der Waals surface area contributed by atoms with Gasteiger partial charge in [0.15, 0.2) is 12.3 Å². The van der Waals surface area contributed by atoms with Crippen LogP contribution < -0.4 is 5.32 Å². The first-order chi connectivity index (χ1) is 12.4. The zero-order valence-corrected chi connectivity index (χ0v) is 15.3. The number of ether oxygens (including phenoxy) is 2. The van der Waals surface area contributed by atoms with Gasteiger partial charge >= 0.3 is 11.9 Å². The molecule has 0 saturated carbocycles. The summed E-state index contributed by atoms with van der Waals surface area (Å²) >= 11 is 0. The van der Waals surface area contributed by atoms with Gasteiger partial charge in [-0.25, -0.2) is 14.6 Å². The average molecular weight is 361 g/mol. The van der Waals surface area contributed by atoms with Gasteiger partial charge in [0.1, 0.15) is 11.7 Å². The third-order valence-corrected chi connectivity index (χ3v) is 4.22. The van der Waals surface area contributed by atoms with Crippen LogP contribution in [0.25, 0.3) is 5.65 Å². The second-order valence-corrected chi connectivity index (χ2v) is 6.05. The van der Waals surface area contributed by atoms with Crippen molar-refractivity contribution in [1.82, 2.24) is 14.7 Å². The minimum atomic E-state index is -0.783. The van der Waals surface area contributed by atoms with Gasteiger partial charge in [0.05, 0.1) is 7.11 Å². The fourth-order valence-corrected chi connectivity index (χ4v) is 2.46. The predicted octanol–water partition coefficient (Wildman–Crippen LogP) is 1.50. The van der Waals surface area contributed by atoms with E-state index in [4.69, 9.17) is 9.47 Å². The summed E-state index contributed by atoms with van der Waals surface area (Å²) < 4.78 is 11.5. The monoisotopic (exact) mass is 361 g/mol.